The minimum absolute atomic E-state index is 0.353. The third-order valence-electron chi connectivity index (χ3n) is 1.91. The van der Waals surface area contributed by atoms with Crippen LogP contribution in [0.3, 0.4) is 0 Å². The smallest absolute Gasteiger partial charge is 0.404 e. The zero-order chi connectivity index (χ0) is 13.5. The van der Waals surface area contributed by atoms with Crippen molar-refractivity contribution in [1.82, 2.24) is 0 Å². The number of ether oxygens (including phenoxy) is 1. The molecule has 0 spiro atoms. The lowest BCUT2D eigenvalue weighted by atomic mass is 10.2. The van der Waals surface area contributed by atoms with Crippen LogP contribution in [0.5, 0.6) is 5.75 Å². The fraction of sp³-hybridized carbons (Fsp3) is 0.167. The van der Waals surface area contributed by atoms with Crippen molar-refractivity contribution in [1.29, 1.82) is 0 Å². The summed E-state index contributed by atoms with van der Waals surface area (Å²) in [6.45, 7) is 2.06. The van der Waals surface area contributed by atoms with Gasteiger partial charge in [-0.25, -0.2) is 9.59 Å². The number of benzene rings is 1. The Labute approximate surface area is 103 Å². The van der Waals surface area contributed by atoms with E-state index in [1.807, 2.05) is 6.07 Å². The summed E-state index contributed by atoms with van der Waals surface area (Å²) >= 11 is 0. The second-order valence-electron chi connectivity index (χ2n) is 3.21. The fourth-order valence-electron chi connectivity index (χ4n) is 1.19. The molecule has 2 aromatic rings. The fourth-order valence-corrected chi connectivity index (χ4v) is 1.19. The van der Waals surface area contributed by atoms with Gasteiger partial charge < -0.3 is 20.0 Å². The Morgan fingerprint density at radius 3 is 2.67 bits per heavy atom. The standard InChI is InChI=1S/C9H6O3.C3H7NO2/c10-7-5-6-3-1-2-4-8(6)12-9(7)11;1-2-6-3(4)5/h1-5,10H;2H2,1H3,(H2,4,5). The van der Waals surface area contributed by atoms with Crippen molar-refractivity contribution in [2.45, 2.75) is 6.92 Å². The maximum Gasteiger partial charge on any atom is 0.404 e. The monoisotopic (exact) mass is 251 g/mol. The van der Waals surface area contributed by atoms with Gasteiger partial charge in [0.1, 0.15) is 5.58 Å². The van der Waals surface area contributed by atoms with Gasteiger partial charge in [-0.05, 0) is 19.1 Å². The second-order valence-corrected chi connectivity index (χ2v) is 3.21. The average molecular weight is 251 g/mol. The summed E-state index contributed by atoms with van der Waals surface area (Å²) in [6.07, 6.45) is -0.711. The summed E-state index contributed by atoms with van der Waals surface area (Å²) in [7, 11) is 0. The van der Waals surface area contributed by atoms with Crippen molar-refractivity contribution in [3.05, 3.63) is 40.8 Å². The van der Waals surface area contributed by atoms with E-state index in [1.54, 1.807) is 25.1 Å². The van der Waals surface area contributed by atoms with Crippen molar-refractivity contribution in [3.8, 4) is 5.75 Å². The van der Waals surface area contributed by atoms with Crippen LogP contribution in [0.25, 0.3) is 11.0 Å². The minimum atomic E-state index is -0.711. The molecule has 0 bridgehead atoms. The van der Waals surface area contributed by atoms with Gasteiger partial charge in [0.05, 0.1) is 6.61 Å². The van der Waals surface area contributed by atoms with Gasteiger partial charge in [-0.2, -0.15) is 0 Å². The summed E-state index contributed by atoms with van der Waals surface area (Å²) in [4.78, 5) is 20.4. The molecular weight excluding hydrogens is 238 g/mol. The number of carbonyl (C=O) groups excluding carboxylic acids is 1. The predicted octanol–water partition coefficient (Wildman–Crippen LogP) is 1.60. The molecule has 1 aromatic carbocycles. The molecule has 6 nitrogen and oxygen atoms in total. The van der Waals surface area contributed by atoms with Gasteiger partial charge in [-0.15, -0.1) is 0 Å². The minimum Gasteiger partial charge on any atom is -0.502 e. The Kier molecular flexibility index (Phi) is 4.74. The van der Waals surface area contributed by atoms with Crippen LogP contribution in [0.15, 0.2) is 39.5 Å². The molecule has 3 N–H and O–H groups in total. The first kappa shape index (κ1) is 13.6. The topological polar surface area (TPSA) is 103 Å². The SMILES string of the molecule is CCOC(N)=O.O=c1oc2ccccc2cc1O. The quantitative estimate of drug-likeness (QED) is 0.749. The molecule has 0 fully saturated rings. The maximum atomic E-state index is 10.8. The Morgan fingerprint density at radius 2 is 2.11 bits per heavy atom. The lowest BCUT2D eigenvalue weighted by molar-refractivity contribution is 0.163. The normalized spacial score (nSPS) is 9.39. The van der Waals surface area contributed by atoms with Crippen LogP contribution in [-0.4, -0.2) is 17.8 Å². The van der Waals surface area contributed by atoms with Crippen LogP contribution < -0.4 is 11.4 Å². The lowest BCUT2D eigenvalue weighted by Crippen LogP contribution is -2.11. The summed E-state index contributed by atoms with van der Waals surface area (Å²) in [5, 5.41) is 9.73. The Balaban J connectivity index is 0.000000232. The van der Waals surface area contributed by atoms with E-state index in [4.69, 9.17) is 9.52 Å². The van der Waals surface area contributed by atoms with E-state index >= 15 is 0 Å². The van der Waals surface area contributed by atoms with Gasteiger partial charge in [-0.1, -0.05) is 18.2 Å². The number of amides is 1. The molecule has 2 rings (SSSR count). The van der Waals surface area contributed by atoms with Crippen LogP contribution in [0, 0.1) is 0 Å². The number of para-hydroxylation sites is 1. The van der Waals surface area contributed by atoms with Gasteiger partial charge in [0.25, 0.3) is 0 Å². The van der Waals surface area contributed by atoms with Gasteiger partial charge in [0.2, 0.25) is 5.75 Å². The van der Waals surface area contributed by atoms with Gasteiger partial charge in [0.15, 0.2) is 0 Å². The first-order chi connectivity index (χ1) is 8.54. The molecule has 0 aliphatic heterocycles. The largest absolute Gasteiger partial charge is 0.502 e. The van der Waals surface area contributed by atoms with Crippen molar-refractivity contribution >= 4 is 17.1 Å². The molecule has 0 saturated carbocycles. The number of nitrogens with two attached hydrogens (primary N) is 1. The van der Waals surface area contributed by atoms with E-state index in [0.717, 1.165) is 5.39 Å². The Bertz CT molecular complexity index is 590. The number of fused-ring (bicyclic) bond motifs is 1. The van der Waals surface area contributed by atoms with E-state index in [-0.39, 0.29) is 5.75 Å². The lowest BCUT2D eigenvalue weighted by Gasteiger charge is -1.94. The molecule has 6 heteroatoms. The van der Waals surface area contributed by atoms with Crippen LogP contribution in [-0.2, 0) is 4.74 Å². The van der Waals surface area contributed by atoms with E-state index in [1.165, 1.54) is 6.07 Å². The molecule has 0 saturated heterocycles. The molecule has 1 heterocycles. The highest BCUT2D eigenvalue weighted by Crippen LogP contribution is 2.14. The van der Waals surface area contributed by atoms with Crippen LogP contribution >= 0.6 is 0 Å². The molecule has 0 radical (unpaired) electrons. The third-order valence-corrected chi connectivity index (χ3v) is 1.91. The van der Waals surface area contributed by atoms with E-state index < -0.39 is 11.7 Å². The van der Waals surface area contributed by atoms with Gasteiger partial charge in [-0.3, -0.25) is 0 Å². The van der Waals surface area contributed by atoms with Gasteiger partial charge >= 0.3 is 11.7 Å². The van der Waals surface area contributed by atoms with Crippen molar-refractivity contribution in [2.75, 3.05) is 6.61 Å². The molecule has 1 aromatic heterocycles. The summed E-state index contributed by atoms with van der Waals surface area (Å²) < 4.78 is 8.97. The second kappa shape index (κ2) is 6.29. The summed E-state index contributed by atoms with van der Waals surface area (Å²) in [5.74, 6) is -0.353. The zero-order valence-electron chi connectivity index (χ0n) is 9.75. The highest BCUT2D eigenvalue weighted by atomic mass is 16.5. The molecule has 18 heavy (non-hydrogen) atoms. The van der Waals surface area contributed by atoms with E-state index in [0.29, 0.717) is 12.2 Å². The molecule has 0 aliphatic rings. The number of hydrogen-bond donors (Lipinski definition) is 2. The first-order valence-electron chi connectivity index (χ1n) is 5.18. The number of carbonyl (C=O) groups is 1. The summed E-state index contributed by atoms with van der Waals surface area (Å²) in [5.41, 5.74) is 4.33. The summed E-state index contributed by atoms with van der Waals surface area (Å²) in [6, 6.07) is 8.40. The van der Waals surface area contributed by atoms with E-state index in [2.05, 4.69) is 10.5 Å². The molecule has 0 atom stereocenters. The number of rotatable bonds is 1. The molecule has 1 amide bonds. The average Bonchev–Trinajstić information content (AvgIpc) is 2.31. The van der Waals surface area contributed by atoms with Crippen molar-refractivity contribution in [3.63, 3.8) is 0 Å². The van der Waals surface area contributed by atoms with E-state index in [9.17, 15) is 9.59 Å². The zero-order valence-corrected chi connectivity index (χ0v) is 9.75. The molecule has 0 aliphatic carbocycles. The first-order valence-corrected chi connectivity index (χ1v) is 5.18. The Morgan fingerprint density at radius 1 is 1.44 bits per heavy atom. The van der Waals surface area contributed by atoms with Crippen LogP contribution in [0.2, 0.25) is 0 Å². The molecule has 96 valence electrons. The molecular formula is C12H13NO5. The third kappa shape index (κ3) is 3.82. The Hall–Kier alpha value is -2.50. The highest BCUT2D eigenvalue weighted by Gasteiger charge is 2.00. The van der Waals surface area contributed by atoms with Gasteiger partial charge in [0, 0.05) is 5.39 Å². The van der Waals surface area contributed by atoms with Crippen molar-refractivity contribution in [2.24, 2.45) is 5.73 Å². The molecule has 0 unspecified atom stereocenters. The number of hydrogen-bond acceptors (Lipinski definition) is 5. The highest BCUT2D eigenvalue weighted by molar-refractivity contribution is 5.77. The maximum absolute atomic E-state index is 10.8. The number of primary amides is 1. The number of aromatic hydroxyl groups is 1. The predicted molar refractivity (Wildman–Crippen MR) is 65.4 cm³/mol. The van der Waals surface area contributed by atoms with Crippen LogP contribution in [0.4, 0.5) is 4.79 Å². The van der Waals surface area contributed by atoms with Crippen molar-refractivity contribution < 1.29 is 19.1 Å². The van der Waals surface area contributed by atoms with Crippen LogP contribution in [0.1, 0.15) is 6.92 Å².